The SMILES string of the molecule is Cc1cc(S(=O)(=O)Nc2cccc3c2CNCC3)sc1Cl. The molecule has 112 valence electrons. The first-order valence-corrected chi connectivity index (χ1v) is 9.25. The molecule has 1 aromatic carbocycles. The summed E-state index contributed by atoms with van der Waals surface area (Å²) in [5.41, 5.74) is 3.63. The number of aryl methyl sites for hydroxylation is 1. The normalized spacial score (nSPS) is 14.8. The number of thiophene rings is 1. The molecule has 4 nitrogen and oxygen atoms in total. The van der Waals surface area contributed by atoms with Gasteiger partial charge < -0.3 is 5.32 Å². The van der Waals surface area contributed by atoms with Crippen molar-refractivity contribution in [2.24, 2.45) is 0 Å². The second-order valence-electron chi connectivity index (χ2n) is 5.00. The molecule has 7 heteroatoms. The lowest BCUT2D eigenvalue weighted by Gasteiger charge is -2.20. The molecule has 21 heavy (non-hydrogen) atoms. The number of sulfonamides is 1. The Hall–Kier alpha value is -1.08. The van der Waals surface area contributed by atoms with Crippen LogP contribution in [0.3, 0.4) is 0 Å². The van der Waals surface area contributed by atoms with Gasteiger partial charge >= 0.3 is 0 Å². The Labute approximate surface area is 133 Å². The Morgan fingerprint density at radius 1 is 1.38 bits per heavy atom. The highest BCUT2D eigenvalue weighted by atomic mass is 35.5. The molecule has 1 aliphatic rings. The summed E-state index contributed by atoms with van der Waals surface area (Å²) in [5.74, 6) is 0. The molecule has 0 aliphatic carbocycles. The smallest absolute Gasteiger partial charge is 0.271 e. The first-order valence-electron chi connectivity index (χ1n) is 6.57. The molecule has 0 amide bonds. The van der Waals surface area contributed by atoms with Crippen molar-refractivity contribution < 1.29 is 8.42 Å². The Bertz CT molecular complexity index is 765. The number of benzene rings is 1. The molecule has 0 unspecified atom stereocenters. The molecular weight excluding hydrogens is 328 g/mol. The summed E-state index contributed by atoms with van der Waals surface area (Å²) in [6.07, 6.45) is 0.912. The summed E-state index contributed by atoms with van der Waals surface area (Å²) >= 11 is 7.05. The topological polar surface area (TPSA) is 58.2 Å². The minimum Gasteiger partial charge on any atom is -0.312 e. The van der Waals surface area contributed by atoms with Gasteiger partial charge in [-0.1, -0.05) is 23.7 Å². The van der Waals surface area contributed by atoms with Crippen LogP contribution in [0.2, 0.25) is 4.34 Å². The van der Waals surface area contributed by atoms with Gasteiger partial charge in [0.05, 0.1) is 10.0 Å². The standard InChI is InChI=1S/C14H15ClN2O2S2/c1-9-7-13(20-14(9)15)21(18,19)17-12-4-2-3-10-5-6-16-8-11(10)12/h2-4,7,16-17H,5-6,8H2,1H3. The number of anilines is 1. The molecule has 1 aliphatic heterocycles. The van der Waals surface area contributed by atoms with E-state index >= 15 is 0 Å². The van der Waals surface area contributed by atoms with Gasteiger partial charge in [0.25, 0.3) is 10.0 Å². The molecule has 0 spiro atoms. The Balaban J connectivity index is 1.96. The lowest BCUT2D eigenvalue weighted by molar-refractivity contribution is 0.602. The fourth-order valence-corrected chi connectivity index (χ4v) is 5.17. The molecule has 2 N–H and O–H groups in total. The van der Waals surface area contributed by atoms with Crippen LogP contribution in [0.4, 0.5) is 5.69 Å². The van der Waals surface area contributed by atoms with Gasteiger partial charge in [-0.3, -0.25) is 4.72 Å². The van der Waals surface area contributed by atoms with E-state index in [1.807, 2.05) is 12.1 Å². The van der Waals surface area contributed by atoms with Gasteiger partial charge in [0.2, 0.25) is 0 Å². The van der Waals surface area contributed by atoms with Crippen LogP contribution < -0.4 is 10.0 Å². The molecular formula is C14H15ClN2O2S2. The van der Waals surface area contributed by atoms with Crippen LogP contribution >= 0.6 is 22.9 Å². The van der Waals surface area contributed by atoms with E-state index in [4.69, 9.17) is 11.6 Å². The first kappa shape index (κ1) is 14.8. The van der Waals surface area contributed by atoms with Crippen molar-refractivity contribution in [3.8, 4) is 0 Å². The van der Waals surface area contributed by atoms with Gasteiger partial charge in [-0.15, -0.1) is 11.3 Å². The average molecular weight is 343 g/mol. The highest BCUT2D eigenvalue weighted by Gasteiger charge is 2.21. The highest BCUT2D eigenvalue weighted by Crippen LogP contribution is 2.32. The van der Waals surface area contributed by atoms with E-state index in [-0.39, 0.29) is 4.21 Å². The van der Waals surface area contributed by atoms with E-state index in [1.165, 1.54) is 5.56 Å². The number of nitrogens with one attached hydrogen (secondary N) is 2. The zero-order valence-electron chi connectivity index (χ0n) is 11.4. The monoisotopic (exact) mass is 342 g/mol. The largest absolute Gasteiger partial charge is 0.312 e. The summed E-state index contributed by atoms with van der Waals surface area (Å²) in [7, 11) is -3.59. The number of rotatable bonds is 3. The summed E-state index contributed by atoms with van der Waals surface area (Å²) in [6, 6.07) is 7.32. The lowest BCUT2D eigenvalue weighted by Crippen LogP contribution is -2.25. The second kappa shape index (κ2) is 5.61. The maximum atomic E-state index is 12.5. The van der Waals surface area contributed by atoms with E-state index in [0.717, 1.165) is 35.4 Å². The summed E-state index contributed by atoms with van der Waals surface area (Å²) < 4.78 is 28.4. The van der Waals surface area contributed by atoms with Gasteiger partial charge in [-0.25, -0.2) is 8.42 Å². The van der Waals surface area contributed by atoms with Crippen molar-refractivity contribution >= 4 is 38.6 Å². The van der Waals surface area contributed by atoms with Crippen LogP contribution in [-0.2, 0) is 23.0 Å². The summed E-state index contributed by atoms with van der Waals surface area (Å²) in [4.78, 5) is 0. The van der Waals surface area contributed by atoms with Crippen molar-refractivity contribution in [1.82, 2.24) is 5.32 Å². The Morgan fingerprint density at radius 2 is 2.19 bits per heavy atom. The van der Waals surface area contributed by atoms with Gasteiger partial charge in [0.15, 0.2) is 0 Å². The van der Waals surface area contributed by atoms with Gasteiger partial charge in [-0.2, -0.15) is 0 Å². The first-order chi connectivity index (χ1) is 9.97. The predicted octanol–water partition coefficient (Wildman–Crippen LogP) is 3.16. The second-order valence-corrected chi connectivity index (χ2v) is 8.56. The molecule has 0 saturated heterocycles. The van der Waals surface area contributed by atoms with Crippen molar-refractivity contribution in [3.05, 3.63) is 45.3 Å². The molecule has 0 atom stereocenters. The molecule has 0 saturated carbocycles. The van der Waals surface area contributed by atoms with E-state index in [0.29, 0.717) is 16.6 Å². The lowest BCUT2D eigenvalue weighted by atomic mass is 10.00. The van der Waals surface area contributed by atoms with Crippen molar-refractivity contribution in [1.29, 1.82) is 0 Å². The van der Waals surface area contributed by atoms with Crippen LogP contribution in [0.15, 0.2) is 28.5 Å². The molecule has 0 fully saturated rings. The van der Waals surface area contributed by atoms with Crippen LogP contribution in [0.5, 0.6) is 0 Å². The molecule has 1 aromatic heterocycles. The van der Waals surface area contributed by atoms with Gasteiger partial charge in [0, 0.05) is 6.54 Å². The zero-order valence-corrected chi connectivity index (χ0v) is 13.8. The predicted molar refractivity (Wildman–Crippen MR) is 86.7 cm³/mol. The number of hydrogen-bond acceptors (Lipinski definition) is 4. The summed E-state index contributed by atoms with van der Waals surface area (Å²) in [5, 5.41) is 3.27. The fourth-order valence-electron chi connectivity index (χ4n) is 2.37. The van der Waals surface area contributed by atoms with Gasteiger partial charge in [0.1, 0.15) is 4.21 Å². The third-order valence-corrected chi connectivity index (χ3v) is 6.88. The molecule has 3 rings (SSSR count). The third-order valence-electron chi connectivity index (χ3n) is 3.49. The molecule has 0 radical (unpaired) electrons. The van der Waals surface area contributed by atoms with E-state index in [9.17, 15) is 8.42 Å². The van der Waals surface area contributed by atoms with Crippen LogP contribution in [0.25, 0.3) is 0 Å². The van der Waals surface area contributed by atoms with Crippen LogP contribution in [0.1, 0.15) is 16.7 Å². The number of hydrogen-bond donors (Lipinski definition) is 2. The average Bonchev–Trinajstić information content (AvgIpc) is 2.80. The van der Waals surface area contributed by atoms with Crippen LogP contribution in [-0.4, -0.2) is 15.0 Å². The van der Waals surface area contributed by atoms with Crippen molar-refractivity contribution in [2.75, 3.05) is 11.3 Å². The number of fused-ring (bicyclic) bond motifs is 1. The summed E-state index contributed by atoms with van der Waals surface area (Å²) in [6.45, 7) is 3.40. The van der Waals surface area contributed by atoms with E-state index < -0.39 is 10.0 Å². The van der Waals surface area contributed by atoms with E-state index in [2.05, 4.69) is 10.0 Å². The minimum absolute atomic E-state index is 0.242. The number of halogens is 1. The quantitative estimate of drug-likeness (QED) is 0.900. The van der Waals surface area contributed by atoms with Crippen molar-refractivity contribution in [2.45, 2.75) is 24.1 Å². The maximum absolute atomic E-state index is 12.5. The van der Waals surface area contributed by atoms with Crippen molar-refractivity contribution in [3.63, 3.8) is 0 Å². The third kappa shape index (κ3) is 2.94. The Morgan fingerprint density at radius 3 is 2.90 bits per heavy atom. The minimum atomic E-state index is -3.59. The van der Waals surface area contributed by atoms with Crippen LogP contribution in [0, 0.1) is 6.92 Å². The molecule has 2 heterocycles. The van der Waals surface area contributed by atoms with Gasteiger partial charge in [-0.05, 0) is 48.7 Å². The molecule has 2 aromatic rings. The zero-order chi connectivity index (χ0) is 15.0. The fraction of sp³-hybridized carbons (Fsp3) is 0.286. The highest BCUT2D eigenvalue weighted by molar-refractivity contribution is 7.94. The Kier molecular flexibility index (Phi) is 3.96. The maximum Gasteiger partial charge on any atom is 0.271 e. The van der Waals surface area contributed by atoms with E-state index in [1.54, 1.807) is 19.1 Å². The molecule has 0 bridgehead atoms.